The maximum Gasteiger partial charge on any atom is 0.416 e. The Kier molecular flexibility index (Phi) is 3.65. The number of Topliss-reactive ketones (excluding diaryl/α,β-unsaturated/α-hetero) is 1. The summed E-state index contributed by atoms with van der Waals surface area (Å²) in [5.74, 6) is 0.446. The van der Waals surface area contributed by atoms with Crippen LogP contribution in [0.1, 0.15) is 24.8 Å². The molecule has 1 saturated carbocycles. The normalized spacial score (nSPS) is 25.3. The first kappa shape index (κ1) is 14.7. The highest BCUT2D eigenvalue weighted by Gasteiger charge is 2.44. The van der Waals surface area contributed by atoms with E-state index in [0.29, 0.717) is 17.2 Å². The molecule has 2 atom stereocenters. The molecule has 2 fully saturated rings. The van der Waals surface area contributed by atoms with Crippen LogP contribution < -0.4 is 0 Å². The van der Waals surface area contributed by atoms with Crippen LogP contribution in [0.5, 0.6) is 0 Å². The van der Waals surface area contributed by atoms with Crippen molar-refractivity contribution in [1.82, 2.24) is 4.31 Å². The van der Waals surface area contributed by atoms with Crippen LogP contribution in [0.2, 0.25) is 0 Å². The fourth-order valence-corrected chi connectivity index (χ4v) is 4.04. The second-order valence-corrected chi connectivity index (χ2v) is 6.93. The number of hydrogen-bond donors (Lipinski definition) is 0. The van der Waals surface area contributed by atoms with Crippen molar-refractivity contribution >= 4 is 16.8 Å². The zero-order valence-corrected chi connectivity index (χ0v) is 11.9. The number of carbonyl (C=O) groups excluding carboxylic acids is 1. The van der Waals surface area contributed by atoms with Gasteiger partial charge in [-0.3, -0.25) is 4.79 Å². The quantitative estimate of drug-likeness (QED) is 0.860. The highest BCUT2D eigenvalue weighted by molar-refractivity contribution is 7.82. The van der Waals surface area contributed by atoms with E-state index in [1.807, 2.05) is 0 Å². The molecule has 3 rings (SSSR count). The van der Waals surface area contributed by atoms with E-state index >= 15 is 0 Å². The van der Waals surface area contributed by atoms with Crippen LogP contribution in [-0.2, 0) is 22.0 Å². The lowest BCUT2D eigenvalue weighted by Crippen LogP contribution is -2.33. The maximum absolute atomic E-state index is 12.5. The minimum Gasteiger partial charge on any atom is -0.298 e. The third kappa shape index (κ3) is 3.03. The molecule has 1 aliphatic carbocycles. The lowest BCUT2D eigenvalue weighted by Gasteiger charge is -2.22. The van der Waals surface area contributed by atoms with Crippen LogP contribution in [0.15, 0.2) is 29.2 Å². The summed E-state index contributed by atoms with van der Waals surface area (Å²) in [6.07, 6.45) is -1.95. The summed E-state index contributed by atoms with van der Waals surface area (Å²) in [6, 6.07) is 4.28. The predicted molar refractivity (Wildman–Crippen MR) is 70.7 cm³/mol. The molecule has 7 heteroatoms. The van der Waals surface area contributed by atoms with Gasteiger partial charge in [0.05, 0.1) is 17.0 Å². The van der Waals surface area contributed by atoms with Gasteiger partial charge in [-0.15, -0.1) is 0 Å². The number of ketones is 1. The molecule has 0 N–H and O–H groups in total. The first-order chi connectivity index (χ1) is 9.86. The van der Waals surface area contributed by atoms with Crippen LogP contribution in [0.25, 0.3) is 0 Å². The molecule has 0 radical (unpaired) electrons. The van der Waals surface area contributed by atoms with Gasteiger partial charge >= 0.3 is 6.18 Å². The Bertz CT molecular complexity index is 581. The maximum atomic E-state index is 12.5. The van der Waals surface area contributed by atoms with Gasteiger partial charge in [0.1, 0.15) is 16.8 Å². The Morgan fingerprint density at radius 3 is 2.29 bits per heavy atom. The van der Waals surface area contributed by atoms with Gasteiger partial charge in [0, 0.05) is 12.5 Å². The van der Waals surface area contributed by atoms with Gasteiger partial charge in [-0.1, -0.05) is 0 Å². The number of carbonyl (C=O) groups is 1. The molecule has 21 heavy (non-hydrogen) atoms. The Morgan fingerprint density at radius 1 is 1.14 bits per heavy atom. The van der Waals surface area contributed by atoms with Crippen molar-refractivity contribution in [2.24, 2.45) is 5.92 Å². The molecule has 0 spiro atoms. The van der Waals surface area contributed by atoms with Gasteiger partial charge in [0.25, 0.3) is 0 Å². The Balaban J connectivity index is 1.79. The van der Waals surface area contributed by atoms with Crippen molar-refractivity contribution in [1.29, 1.82) is 0 Å². The highest BCUT2D eigenvalue weighted by Crippen LogP contribution is 2.40. The third-order valence-corrected chi connectivity index (χ3v) is 5.40. The minimum absolute atomic E-state index is 0.0272. The van der Waals surface area contributed by atoms with Crippen LogP contribution in [0, 0.1) is 5.92 Å². The first-order valence-electron chi connectivity index (χ1n) is 6.74. The smallest absolute Gasteiger partial charge is 0.298 e. The summed E-state index contributed by atoms with van der Waals surface area (Å²) in [5.41, 5.74) is -0.764. The van der Waals surface area contributed by atoms with Gasteiger partial charge in [-0.05, 0) is 43.0 Å². The van der Waals surface area contributed by atoms with Crippen LogP contribution in [-0.4, -0.2) is 26.9 Å². The van der Waals surface area contributed by atoms with Crippen LogP contribution >= 0.6 is 0 Å². The second kappa shape index (κ2) is 5.21. The number of rotatable bonds is 3. The summed E-state index contributed by atoms with van der Waals surface area (Å²) in [6.45, 7) is 0.120. The summed E-state index contributed by atoms with van der Waals surface area (Å²) < 4.78 is 51.7. The summed E-state index contributed by atoms with van der Waals surface area (Å²) in [4.78, 5) is 11.9. The number of nitrogens with zero attached hydrogens (tertiary/aromatic N) is 1. The average Bonchev–Trinajstić information content (AvgIpc) is 3.20. The third-order valence-electron chi connectivity index (χ3n) is 3.90. The first-order valence-corrected chi connectivity index (χ1v) is 7.84. The number of alkyl halides is 3. The average molecular weight is 317 g/mol. The summed E-state index contributed by atoms with van der Waals surface area (Å²) in [7, 11) is -1.58. The largest absolute Gasteiger partial charge is 0.416 e. The molecular weight excluding hydrogens is 303 g/mol. The molecule has 1 heterocycles. The van der Waals surface area contributed by atoms with Crippen molar-refractivity contribution in [2.45, 2.75) is 36.4 Å². The number of halogens is 3. The van der Waals surface area contributed by atoms with Gasteiger partial charge in [-0.25, -0.2) is 8.51 Å². The Hall–Kier alpha value is -1.21. The van der Waals surface area contributed by atoms with E-state index in [-0.39, 0.29) is 18.4 Å². The van der Waals surface area contributed by atoms with Crippen molar-refractivity contribution in [3.05, 3.63) is 29.8 Å². The van der Waals surface area contributed by atoms with Crippen molar-refractivity contribution in [3.8, 4) is 0 Å². The van der Waals surface area contributed by atoms with Crippen molar-refractivity contribution in [2.75, 3.05) is 6.54 Å². The molecule has 1 aromatic rings. The SMILES string of the molecule is O=C1CC(C2CC2)N(S(=O)c2ccc(C(F)(F)F)cc2)C1. The van der Waals surface area contributed by atoms with Crippen LogP contribution in [0.3, 0.4) is 0 Å². The van der Waals surface area contributed by atoms with Crippen molar-refractivity contribution in [3.63, 3.8) is 0 Å². The molecule has 0 aromatic heterocycles. The fraction of sp³-hybridized carbons (Fsp3) is 0.500. The lowest BCUT2D eigenvalue weighted by atomic mass is 10.1. The molecule has 114 valence electrons. The molecule has 2 aliphatic rings. The zero-order valence-electron chi connectivity index (χ0n) is 11.1. The summed E-state index contributed by atoms with van der Waals surface area (Å²) in [5, 5.41) is 0. The minimum atomic E-state index is -4.40. The molecule has 3 nitrogen and oxygen atoms in total. The van der Waals surface area contributed by atoms with E-state index in [1.54, 1.807) is 4.31 Å². The topological polar surface area (TPSA) is 37.4 Å². The number of benzene rings is 1. The molecule has 1 aromatic carbocycles. The monoisotopic (exact) mass is 317 g/mol. The zero-order chi connectivity index (χ0) is 15.2. The Labute approximate surface area is 122 Å². The number of hydrogen-bond acceptors (Lipinski definition) is 2. The molecule has 1 saturated heterocycles. The van der Waals surface area contributed by atoms with Gasteiger partial charge in [-0.2, -0.15) is 13.2 Å². The molecule has 0 amide bonds. The second-order valence-electron chi connectivity index (χ2n) is 5.49. The van der Waals surface area contributed by atoms with E-state index < -0.39 is 22.7 Å². The molecule has 0 bridgehead atoms. The lowest BCUT2D eigenvalue weighted by molar-refractivity contribution is -0.137. The van der Waals surface area contributed by atoms with E-state index in [1.165, 1.54) is 12.1 Å². The van der Waals surface area contributed by atoms with E-state index in [2.05, 4.69) is 0 Å². The molecule has 1 aliphatic heterocycles. The highest BCUT2D eigenvalue weighted by atomic mass is 32.2. The van der Waals surface area contributed by atoms with Gasteiger partial charge in [0.2, 0.25) is 0 Å². The standard InChI is InChI=1S/C14H14F3NO2S/c15-14(16,17)10-3-5-12(6-4-10)21(20)18-8-11(19)7-13(18)9-1-2-9/h3-6,9,13H,1-2,7-8H2. The van der Waals surface area contributed by atoms with Crippen LogP contribution in [0.4, 0.5) is 13.2 Å². The Morgan fingerprint density at radius 2 is 1.76 bits per heavy atom. The van der Waals surface area contributed by atoms with E-state index in [0.717, 1.165) is 25.0 Å². The van der Waals surface area contributed by atoms with E-state index in [4.69, 9.17) is 0 Å². The van der Waals surface area contributed by atoms with E-state index in [9.17, 15) is 22.2 Å². The molecular formula is C14H14F3NO2S. The van der Waals surface area contributed by atoms with Gasteiger partial charge < -0.3 is 0 Å². The predicted octanol–water partition coefficient (Wildman–Crippen LogP) is 2.78. The molecule has 2 unspecified atom stereocenters. The fourth-order valence-electron chi connectivity index (χ4n) is 2.65. The summed E-state index contributed by atoms with van der Waals surface area (Å²) >= 11 is 0. The van der Waals surface area contributed by atoms with Crippen molar-refractivity contribution < 1.29 is 22.2 Å². The van der Waals surface area contributed by atoms with Gasteiger partial charge in [0.15, 0.2) is 0 Å².